The molecule has 10 aromatic carbocycles. The maximum absolute atomic E-state index is 2.49. The van der Waals surface area contributed by atoms with E-state index in [0.717, 1.165) is 45.0 Å². The Kier molecular flexibility index (Phi) is 8.87. The highest BCUT2D eigenvalue weighted by Crippen LogP contribution is 2.48. The quantitative estimate of drug-likeness (QED) is 0.150. The lowest BCUT2D eigenvalue weighted by molar-refractivity contribution is 1.18. The van der Waals surface area contributed by atoms with Crippen LogP contribution in [0.1, 0.15) is 0 Å². The smallest absolute Gasteiger partial charge is 0.0562 e. The molecule has 0 amide bonds. The van der Waals surface area contributed by atoms with Crippen LogP contribution in [-0.4, -0.2) is 4.57 Å². The fourth-order valence-corrected chi connectivity index (χ4v) is 9.00. The summed E-state index contributed by atoms with van der Waals surface area (Å²) >= 11 is 0. The van der Waals surface area contributed by atoms with E-state index in [9.17, 15) is 0 Å². The van der Waals surface area contributed by atoms with E-state index in [-0.39, 0.29) is 0 Å². The van der Waals surface area contributed by atoms with Crippen molar-refractivity contribution in [3.8, 4) is 50.2 Å². The minimum atomic E-state index is 1.08. The summed E-state index contributed by atoms with van der Waals surface area (Å²) in [5.74, 6) is 0. The normalized spacial score (nSPS) is 11.3. The summed E-state index contributed by atoms with van der Waals surface area (Å²) in [6.45, 7) is 0. The number of aromatic nitrogens is 1. The Morgan fingerprint density at radius 2 is 0.867 bits per heavy atom. The van der Waals surface area contributed by atoms with Gasteiger partial charge in [0.05, 0.1) is 22.4 Å². The topological polar surface area (TPSA) is 8.17 Å². The van der Waals surface area contributed by atoms with Crippen LogP contribution in [0.3, 0.4) is 0 Å². The second kappa shape index (κ2) is 15.1. The number of benzene rings is 10. The van der Waals surface area contributed by atoms with E-state index >= 15 is 0 Å². The number of hydrogen-bond donors (Lipinski definition) is 0. The van der Waals surface area contributed by atoms with Crippen molar-refractivity contribution in [3.63, 3.8) is 0 Å². The van der Waals surface area contributed by atoms with E-state index in [1.54, 1.807) is 0 Å². The Morgan fingerprint density at radius 3 is 1.65 bits per heavy atom. The minimum Gasteiger partial charge on any atom is -0.309 e. The van der Waals surface area contributed by atoms with Crippen molar-refractivity contribution in [3.05, 3.63) is 243 Å². The van der Waals surface area contributed by atoms with Gasteiger partial charge in [0.1, 0.15) is 0 Å². The molecule has 0 aliphatic heterocycles. The van der Waals surface area contributed by atoms with Crippen LogP contribution in [0, 0.1) is 0 Å². The fraction of sp³-hybridized carbons (Fsp3) is 0. The van der Waals surface area contributed by atoms with Crippen molar-refractivity contribution in [2.45, 2.75) is 0 Å². The van der Waals surface area contributed by atoms with Gasteiger partial charge in [-0.25, -0.2) is 0 Å². The van der Waals surface area contributed by atoms with Gasteiger partial charge in [-0.3, -0.25) is 0 Å². The minimum absolute atomic E-state index is 1.08. The third-order valence-electron chi connectivity index (χ3n) is 11.8. The lowest BCUT2D eigenvalue weighted by atomic mass is 9.93. The van der Waals surface area contributed by atoms with Crippen LogP contribution in [0.25, 0.3) is 82.8 Å². The largest absolute Gasteiger partial charge is 0.309 e. The summed E-state index contributed by atoms with van der Waals surface area (Å²) in [5, 5.41) is 4.88. The van der Waals surface area contributed by atoms with Crippen molar-refractivity contribution in [2.24, 2.45) is 0 Å². The molecule has 0 fully saturated rings. The van der Waals surface area contributed by atoms with Crippen LogP contribution in [0.5, 0.6) is 0 Å². The molecule has 0 atom stereocenters. The maximum atomic E-state index is 2.49. The molecule has 0 bridgehead atoms. The van der Waals surface area contributed by atoms with E-state index < -0.39 is 0 Å². The van der Waals surface area contributed by atoms with Crippen molar-refractivity contribution < 1.29 is 0 Å². The van der Waals surface area contributed by atoms with Gasteiger partial charge in [-0.15, -0.1) is 0 Å². The zero-order chi connectivity index (χ0) is 39.8. The molecule has 0 aliphatic carbocycles. The van der Waals surface area contributed by atoms with Gasteiger partial charge in [0, 0.05) is 27.7 Å². The molecule has 11 aromatic rings. The van der Waals surface area contributed by atoms with Crippen LogP contribution in [0.2, 0.25) is 0 Å². The molecule has 2 heteroatoms. The van der Waals surface area contributed by atoms with Crippen molar-refractivity contribution >= 4 is 49.6 Å². The SMILES string of the molecule is c1ccc(-c2ccccc2-c2cccc(N(c3ccc(-c4ccc5ccccc5c4)cc3-c3ccccc3)c3cccc4c3c3ccccc3n4-c3ccccc3)c2)cc1. The molecule has 0 saturated carbocycles. The van der Waals surface area contributed by atoms with Gasteiger partial charge in [-0.05, 0) is 110 Å². The highest BCUT2D eigenvalue weighted by Gasteiger charge is 2.24. The molecule has 60 heavy (non-hydrogen) atoms. The van der Waals surface area contributed by atoms with Gasteiger partial charge in [0.25, 0.3) is 0 Å². The average Bonchev–Trinajstić information content (AvgIpc) is 3.67. The molecular weight excluding hydrogens is 725 g/mol. The van der Waals surface area contributed by atoms with Gasteiger partial charge < -0.3 is 9.47 Å². The summed E-state index contributed by atoms with van der Waals surface area (Å²) in [6, 6.07) is 88.0. The Balaban J connectivity index is 1.19. The lowest BCUT2D eigenvalue weighted by Crippen LogP contribution is -2.12. The second-order valence-corrected chi connectivity index (χ2v) is 15.3. The molecule has 2 nitrogen and oxygen atoms in total. The molecule has 0 saturated heterocycles. The standard InChI is InChI=1S/C58H40N2/c1-4-19-42(20-5-1)50-28-12-13-29-51(50)47-24-16-27-49(39-47)60(57-33-17-32-56-58(57)52-30-14-15-31-54(52)59(56)48-25-8-3-9-26-48)55-37-36-46(40-53(55)43-21-6-2-7-22-43)45-35-34-41-18-10-11-23-44(41)38-45/h1-40H. The molecule has 1 heterocycles. The Bertz CT molecular complexity index is 3310. The molecule has 0 spiro atoms. The van der Waals surface area contributed by atoms with E-state index in [1.165, 1.54) is 54.9 Å². The predicted molar refractivity (Wildman–Crippen MR) is 255 cm³/mol. The fourth-order valence-electron chi connectivity index (χ4n) is 9.00. The third kappa shape index (κ3) is 6.23. The molecule has 0 N–H and O–H groups in total. The summed E-state index contributed by atoms with van der Waals surface area (Å²) in [6.07, 6.45) is 0. The van der Waals surface area contributed by atoms with E-state index in [2.05, 4.69) is 252 Å². The Hall–Kier alpha value is -7.94. The lowest BCUT2D eigenvalue weighted by Gasteiger charge is -2.30. The van der Waals surface area contributed by atoms with Crippen LogP contribution in [0.4, 0.5) is 17.1 Å². The number of para-hydroxylation sites is 2. The summed E-state index contributed by atoms with van der Waals surface area (Å²) in [7, 11) is 0. The second-order valence-electron chi connectivity index (χ2n) is 15.3. The zero-order valence-corrected chi connectivity index (χ0v) is 33.0. The third-order valence-corrected chi connectivity index (χ3v) is 11.8. The Morgan fingerprint density at radius 1 is 0.300 bits per heavy atom. The van der Waals surface area contributed by atoms with Crippen molar-refractivity contribution in [1.29, 1.82) is 0 Å². The summed E-state index contributed by atoms with van der Waals surface area (Å²) < 4.78 is 2.40. The Labute approximate surface area is 350 Å². The predicted octanol–water partition coefficient (Wildman–Crippen LogP) is 16.1. The van der Waals surface area contributed by atoms with Gasteiger partial charge in [0.2, 0.25) is 0 Å². The first-order valence-corrected chi connectivity index (χ1v) is 20.6. The molecule has 0 radical (unpaired) electrons. The number of nitrogens with zero attached hydrogens (tertiary/aromatic N) is 2. The van der Waals surface area contributed by atoms with E-state index in [0.29, 0.717) is 0 Å². The van der Waals surface area contributed by atoms with Crippen LogP contribution < -0.4 is 4.90 Å². The molecule has 0 aliphatic rings. The molecular formula is C58H40N2. The monoisotopic (exact) mass is 764 g/mol. The number of fused-ring (bicyclic) bond motifs is 4. The van der Waals surface area contributed by atoms with E-state index in [4.69, 9.17) is 0 Å². The molecule has 11 rings (SSSR count). The van der Waals surface area contributed by atoms with Crippen molar-refractivity contribution in [2.75, 3.05) is 4.90 Å². The molecule has 1 aromatic heterocycles. The highest BCUT2D eigenvalue weighted by molar-refractivity contribution is 6.17. The van der Waals surface area contributed by atoms with Gasteiger partial charge >= 0.3 is 0 Å². The van der Waals surface area contributed by atoms with Crippen LogP contribution in [0.15, 0.2) is 243 Å². The maximum Gasteiger partial charge on any atom is 0.0562 e. The van der Waals surface area contributed by atoms with Gasteiger partial charge in [-0.2, -0.15) is 0 Å². The number of hydrogen-bond acceptors (Lipinski definition) is 1. The highest BCUT2D eigenvalue weighted by atomic mass is 15.2. The van der Waals surface area contributed by atoms with Gasteiger partial charge in [-0.1, -0.05) is 182 Å². The van der Waals surface area contributed by atoms with Crippen molar-refractivity contribution in [1.82, 2.24) is 4.57 Å². The molecule has 282 valence electrons. The average molecular weight is 765 g/mol. The van der Waals surface area contributed by atoms with Gasteiger partial charge in [0.15, 0.2) is 0 Å². The van der Waals surface area contributed by atoms with Crippen LogP contribution in [-0.2, 0) is 0 Å². The zero-order valence-electron chi connectivity index (χ0n) is 33.0. The first kappa shape index (κ1) is 35.2. The first-order valence-electron chi connectivity index (χ1n) is 20.6. The number of rotatable bonds is 8. The summed E-state index contributed by atoms with van der Waals surface area (Å²) in [5.41, 5.74) is 16.2. The molecule has 0 unspecified atom stereocenters. The first-order chi connectivity index (χ1) is 29.8. The van der Waals surface area contributed by atoms with E-state index in [1.807, 2.05) is 0 Å². The number of anilines is 3. The summed E-state index contributed by atoms with van der Waals surface area (Å²) in [4.78, 5) is 2.49. The van der Waals surface area contributed by atoms with Crippen LogP contribution >= 0.6 is 0 Å².